The van der Waals surface area contributed by atoms with Gasteiger partial charge >= 0.3 is 0 Å². The Hall–Kier alpha value is -0.910. The molecular weight excluding hydrogens is 851 g/mol. The lowest BCUT2D eigenvalue weighted by molar-refractivity contribution is -0.182. The molecule has 20 heteroatoms. The minimum absolute atomic E-state index is 0.305. The minimum Gasteiger partial charge on any atom is -0.347 e. The molecule has 17 nitrogen and oxygen atoms in total. The van der Waals surface area contributed by atoms with Crippen molar-refractivity contribution < 1.29 is 37.9 Å². The molecule has 0 N–H and O–H groups in total. The lowest BCUT2D eigenvalue weighted by Gasteiger charge is -2.55. The highest BCUT2D eigenvalue weighted by Crippen LogP contribution is 2.85. The van der Waals surface area contributed by atoms with Gasteiger partial charge in [0.25, 0.3) is 0 Å². The molecule has 0 bridgehead atoms. The highest BCUT2D eigenvalue weighted by molar-refractivity contribution is 7.83. The van der Waals surface area contributed by atoms with Crippen molar-refractivity contribution in [3.63, 3.8) is 0 Å². The number of hydrogen-bond acceptors (Lipinski definition) is 17. The van der Waals surface area contributed by atoms with Gasteiger partial charge in [0, 0.05) is 142 Å². The van der Waals surface area contributed by atoms with Gasteiger partial charge < -0.3 is 37.9 Å². The molecular formula is C42H66N9O8P3. The molecule has 5 spiro atoms. The average Bonchev–Trinajstić information content (AvgIpc) is 4.17. The zero-order chi connectivity index (χ0) is 41.4. The first-order valence-corrected chi connectivity index (χ1v) is 28.4. The third kappa shape index (κ3) is 7.41. The molecule has 0 amide bonds. The van der Waals surface area contributed by atoms with Crippen molar-refractivity contribution >= 4 is 22.5 Å². The Labute approximate surface area is 367 Å². The standard InChI is InChI=1S/C42H66N9O8P3/c1-2-6-37(5-1)35-50-25-26-51(36-38-7-3-4-8-38)62(50)44-60(46-17-9-39(10-18-46)52-27-28-53-39,47-19-11-40(12-20-47)54-29-30-55-40)43-61(45-62,48-21-13-41(14-22-48)56-31-32-57-41)49-23-15-42(16-24-49)58-33-34-59-42/h1-8,37-38H,9-36H2. The van der Waals surface area contributed by atoms with Gasteiger partial charge in [0.2, 0.25) is 22.5 Å². The highest BCUT2D eigenvalue weighted by atomic mass is 31.3. The van der Waals surface area contributed by atoms with Gasteiger partial charge in [-0.15, -0.1) is 0 Å². The van der Waals surface area contributed by atoms with Crippen molar-refractivity contribution in [2.24, 2.45) is 25.4 Å². The second-order valence-electron chi connectivity index (χ2n) is 18.8. The third-order valence-electron chi connectivity index (χ3n) is 15.4. The maximum absolute atomic E-state index is 6.64. The summed E-state index contributed by atoms with van der Waals surface area (Å²) in [5.41, 5.74) is 0. The highest BCUT2D eigenvalue weighted by Gasteiger charge is 2.58. The van der Waals surface area contributed by atoms with Crippen LogP contribution in [-0.4, -0.2) is 183 Å². The van der Waals surface area contributed by atoms with Gasteiger partial charge in [0.15, 0.2) is 23.1 Å². The van der Waals surface area contributed by atoms with Gasteiger partial charge in [-0.25, -0.2) is 28.0 Å². The van der Waals surface area contributed by atoms with Gasteiger partial charge in [0.1, 0.15) is 0 Å². The van der Waals surface area contributed by atoms with Crippen LogP contribution in [0.1, 0.15) is 51.4 Å². The molecule has 0 aromatic rings. The van der Waals surface area contributed by atoms with E-state index >= 15 is 0 Å². The maximum atomic E-state index is 6.64. The zero-order valence-electron chi connectivity index (χ0n) is 36.2. The van der Waals surface area contributed by atoms with E-state index in [0.717, 1.165) is 130 Å². The fraction of sp³-hybridized carbons (Fsp3) is 0.810. The number of hydrogen-bond donors (Lipinski definition) is 0. The van der Waals surface area contributed by atoms with Crippen LogP contribution in [0.4, 0.5) is 0 Å². The molecule has 12 rings (SSSR count). The molecule has 0 atom stereocenters. The second-order valence-corrected chi connectivity index (χ2v) is 27.6. The van der Waals surface area contributed by atoms with Gasteiger partial charge in [-0.05, 0) is 0 Å². The van der Waals surface area contributed by atoms with E-state index in [1.165, 1.54) is 0 Å². The van der Waals surface area contributed by atoms with Crippen molar-refractivity contribution in [3.8, 4) is 0 Å². The summed E-state index contributed by atoms with van der Waals surface area (Å²) in [7, 11) is -8.68. The number of nitrogens with zero attached hydrogens (tertiary/aromatic N) is 9. The zero-order valence-corrected chi connectivity index (χ0v) is 38.9. The van der Waals surface area contributed by atoms with Crippen LogP contribution in [0.25, 0.3) is 0 Å². The van der Waals surface area contributed by atoms with E-state index in [0.29, 0.717) is 64.7 Å². The van der Waals surface area contributed by atoms with E-state index in [1.807, 2.05) is 0 Å². The monoisotopic (exact) mass is 917 g/mol. The van der Waals surface area contributed by atoms with Crippen molar-refractivity contribution in [2.75, 3.05) is 131 Å². The van der Waals surface area contributed by atoms with Crippen LogP contribution >= 0.6 is 22.5 Å². The minimum atomic E-state index is -2.92. The van der Waals surface area contributed by atoms with E-state index < -0.39 is 45.7 Å². The molecule has 10 heterocycles. The number of ether oxygens (including phenoxy) is 8. The Kier molecular flexibility index (Phi) is 11.4. The number of rotatable bonds is 8. The van der Waals surface area contributed by atoms with Gasteiger partial charge in [-0.1, -0.05) is 48.6 Å². The summed E-state index contributed by atoms with van der Waals surface area (Å²) >= 11 is 0. The van der Waals surface area contributed by atoms with Crippen molar-refractivity contribution in [1.82, 2.24) is 28.0 Å². The molecule has 0 radical (unpaired) electrons. The summed E-state index contributed by atoms with van der Waals surface area (Å²) in [6.45, 7) is 15.2. The molecule has 0 saturated carbocycles. The lowest BCUT2D eigenvalue weighted by Crippen LogP contribution is -2.51. The van der Waals surface area contributed by atoms with Crippen molar-refractivity contribution in [1.29, 1.82) is 0 Å². The summed E-state index contributed by atoms with van der Waals surface area (Å²) in [5, 5.41) is 0. The van der Waals surface area contributed by atoms with Crippen molar-refractivity contribution in [2.45, 2.75) is 74.5 Å². The maximum Gasteiger partial charge on any atom is 0.221 e. The van der Waals surface area contributed by atoms with Crippen molar-refractivity contribution in [3.05, 3.63) is 48.6 Å². The van der Waals surface area contributed by atoms with E-state index in [4.69, 9.17) is 51.4 Å². The Morgan fingerprint density at radius 3 is 0.871 bits per heavy atom. The van der Waals surface area contributed by atoms with Crippen LogP contribution < -0.4 is 0 Å². The summed E-state index contributed by atoms with van der Waals surface area (Å²) in [4.78, 5) is 0. The van der Waals surface area contributed by atoms with Crippen LogP contribution in [0, 0.1) is 11.8 Å². The Morgan fingerprint density at radius 2 is 0.597 bits per heavy atom. The SMILES string of the molecule is C1=CC(CN2CCN(CC3C=CC=C3)P23=NP(N2CCC4(CC2)OCCO4)(N2CCC4(CC2)OCCO4)=NP(N2CCC4(CC2)OCCO4)(N2CCC4(CC2)OCCO4)=N3)C=C1. The molecule has 0 aromatic carbocycles. The normalized spacial score (nSPS) is 34.2. The Bertz CT molecular complexity index is 1750. The molecule has 62 heavy (non-hydrogen) atoms. The van der Waals surface area contributed by atoms with Gasteiger partial charge in [0.05, 0.1) is 52.9 Å². The van der Waals surface area contributed by atoms with E-state index in [9.17, 15) is 0 Å². The summed E-state index contributed by atoms with van der Waals surface area (Å²) < 4.78 is 87.5. The fourth-order valence-corrected chi connectivity index (χ4v) is 28.1. The predicted octanol–water partition coefficient (Wildman–Crippen LogP) is 6.30. The van der Waals surface area contributed by atoms with E-state index in [2.05, 4.69) is 76.6 Å². The summed E-state index contributed by atoms with van der Waals surface area (Å²) in [6.07, 6.45) is 24.6. The smallest absolute Gasteiger partial charge is 0.221 e. The van der Waals surface area contributed by atoms with Gasteiger partial charge in [-0.2, -0.15) is 13.5 Å². The first-order chi connectivity index (χ1) is 30.4. The molecule has 342 valence electrons. The summed E-state index contributed by atoms with van der Waals surface area (Å²) in [5.74, 6) is -1.52. The molecule has 9 saturated heterocycles. The van der Waals surface area contributed by atoms with Crippen LogP contribution in [0.3, 0.4) is 0 Å². The molecule has 2 aliphatic carbocycles. The molecule has 0 unspecified atom stereocenters. The van der Waals surface area contributed by atoms with Gasteiger partial charge in [-0.3, -0.25) is 0 Å². The van der Waals surface area contributed by atoms with Crippen LogP contribution in [0.15, 0.2) is 62.2 Å². The molecule has 10 aliphatic heterocycles. The molecule has 9 fully saturated rings. The lowest BCUT2D eigenvalue weighted by atomic mass is 10.1. The summed E-state index contributed by atoms with van der Waals surface area (Å²) in [6, 6.07) is 0. The largest absolute Gasteiger partial charge is 0.347 e. The van der Waals surface area contributed by atoms with Crippen LogP contribution in [0.5, 0.6) is 0 Å². The van der Waals surface area contributed by atoms with Crippen LogP contribution in [0.2, 0.25) is 0 Å². The predicted molar refractivity (Wildman–Crippen MR) is 236 cm³/mol. The molecule has 0 aromatic heterocycles. The van der Waals surface area contributed by atoms with Crippen LogP contribution in [-0.2, 0) is 37.9 Å². The Morgan fingerprint density at radius 1 is 0.355 bits per heavy atom. The Balaban J connectivity index is 1.07. The first-order valence-electron chi connectivity index (χ1n) is 23.6. The van der Waals surface area contributed by atoms with E-state index in [1.54, 1.807) is 0 Å². The molecule has 12 aliphatic rings. The first kappa shape index (κ1) is 42.4. The topological polar surface area (TPSA) is 130 Å². The average molecular weight is 918 g/mol. The van der Waals surface area contributed by atoms with E-state index in [-0.39, 0.29) is 0 Å². The fourth-order valence-electron chi connectivity index (χ4n) is 11.9. The number of allylic oxidation sites excluding steroid dienone is 4. The quantitative estimate of drug-likeness (QED) is 0.253. The third-order valence-corrected chi connectivity index (χ3v) is 28.0. The second kappa shape index (κ2) is 16.7. The number of piperidine rings is 4.